The Labute approximate surface area is 125 Å². The summed E-state index contributed by atoms with van der Waals surface area (Å²) in [4.78, 5) is 4.18. The molecule has 2 nitrogen and oxygen atoms in total. The Morgan fingerprint density at radius 3 is 2.33 bits per heavy atom. The zero-order chi connectivity index (χ0) is 15.6. The van der Waals surface area contributed by atoms with Crippen molar-refractivity contribution in [3.8, 4) is 0 Å². The summed E-state index contributed by atoms with van der Waals surface area (Å²) in [6, 6.07) is 1.22. The Morgan fingerprint density at radius 1 is 1.24 bits per heavy atom. The first kappa shape index (κ1) is 14.7. The van der Waals surface area contributed by atoms with Gasteiger partial charge in [-0.25, -0.2) is 4.98 Å². The molecule has 2 aromatic heterocycles. The molecule has 0 saturated heterocycles. The van der Waals surface area contributed by atoms with Crippen LogP contribution in [0.3, 0.4) is 0 Å². The van der Waals surface area contributed by atoms with Gasteiger partial charge < -0.3 is 0 Å². The summed E-state index contributed by atoms with van der Waals surface area (Å²) in [5.41, 5.74) is -0.0468. The minimum Gasteiger partial charge on any atom is -0.289 e. The summed E-state index contributed by atoms with van der Waals surface area (Å²) in [7, 11) is 0. The van der Waals surface area contributed by atoms with Crippen molar-refractivity contribution in [2.45, 2.75) is 51.1 Å². The first-order chi connectivity index (χ1) is 9.59. The molecule has 0 bridgehead atoms. The Bertz CT molecular complexity index is 706. The fraction of sp³-hybridized carbons (Fsp3) is 0.533. The van der Waals surface area contributed by atoms with Crippen molar-refractivity contribution in [2.75, 3.05) is 0 Å². The highest BCUT2D eigenvalue weighted by Crippen LogP contribution is 2.44. The van der Waals surface area contributed by atoms with Gasteiger partial charge in [-0.3, -0.25) is 4.40 Å². The highest BCUT2D eigenvalue weighted by molar-refractivity contribution is 6.30. The predicted molar refractivity (Wildman–Crippen MR) is 75.9 cm³/mol. The van der Waals surface area contributed by atoms with Crippen molar-refractivity contribution < 1.29 is 13.2 Å². The van der Waals surface area contributed by atoms with E-state index >= 15 is 0 Å². The van der Waals surface area contributed by atoms with Gasteiger partial charge in [-0.15, -0.1) is 0 Å². The van der Waals surface area contributed by atoms with E-state index in [-0.39, 0.29) is 16.7 Å². The number of nitrogens with zero attached hydrogens (tertiary/aromatic N) is 2. The number of fused-ring (bicyclic) bond motifs is 1. The second kappa shape index (κ2) is 4.38. The molecular formula is C15H16ClF3N2. The van der Waals surface area contributed by atoms with Gasteiger partial charge in [0.25, 0.3) is 0 Å². The summed E-state index contributed by atoms with van der Waals surface area (Å²) in [5.74, 6) is 0.215. The largest absolute Gasteiger partial charge is 0.419 e. The Kier molecular flexibility index (Phi) is 3.07. The fourth-order valence-corrected chi connectivity index (χ4v) is 2.92. The zero-order valence-corrected chi connectivity index (χ0v) is 12.8. The van der Waals surface area contributed by atoms with Crippen LogP contribution in [-0.4, -0.2) is 9.38 Å². The van der Waals surface area contributed by atoms with Gasteiger partial charge in [0.05, 0.1) is 11.3 Å². The van der Waals surface area contributed by atoms with Crippen molar-refractivity contribution in [3.05, 3.63) is 34.2 Å². The van der Waals surface area contributed by atoms with E-state index < -0.39 is 17.2 Å². The number of hydrogen-bond acceptors (Lipinski definition) is 1. The van der Waals surface area contributed by atoms with Gasteiger partial charge in [0.1, 0.15) is 5.15 Å². The lowest BCUT2D eigenvalue weighted by Gasteiger charge is -2.15. The molecule has 114 valence electrons. The monoisotopic (exact) mass is 316 g/mol. The molecule has 0 atom stereocenters. The molecule has 2 aromatic rings. The zero-order valence-electron chi connectivity index (χ0n) is 12.1. The first-order valence-corrected chi connectivity index (χ1v) is 7.26. The maximum atomic E-state index is 13.3. The summed E-state index contributed by atoms with van der Waals surface area (Å²) in [6.45, 7) is 5.65. The minimum atomic E-state index is -4.43. The second-order valence-corrected chi connectivity index (χ2v) is 7.01. The molecule has 0 unspecified atom stereocenters. The van der Waals surface area contributed by atoms with Crippen LogP contribution in [-0.2, 0) is 11.6 Å². The molecular weight excluding hydrogens is 301 g/mol. The highest BCUT2D eigenvalue weighted by atomic mass is 35.5. The van der Waals surface area contributed by atoms with Gasteiger partial charge in [0, 0.05) is 11.6 Å². The molecule has 3 rings (SSSR count). The molecule has 21 heavy (non-hydrogen) atoms. The first-order valence-electron chi connectivity index (χ1n) is 6.88. The van der Waals surface area contributed by atoms with E-state index in [1.54, 1.807) is 6.20 Å². The fourth-order valence-electron chi connectivity index (χ4n) is 2.46. The number of halogens is 4. The summed E-state index contributed by atoms with van der Waals surface area (Å²) >= 11 is 6.29. The standard InChI is InChI=1S/C15H16ClF3N2/c1-14(2,3)11-12(16)21-7-9(8-4-5-8)6-10(13(21)20-11)15(17,18)19/h6-8H,4-5H2,1-3H3. The molecule has 6 heteroatoms. The lowest BCUT2D eigenvalue weighted by atomic mass is 9.93. The van der Waals surface area contributed by atoms with E-state index in [9.17, 15) is 13.2 Å². The molecule has 0 radical (unpaired) electrons. The average Bonchev–Trinajstić information content (AvgIpc) is 3.11. The van der Waals surface area contributed by atoms with Gasteiger partial charge in [-0.1, -0.05) is 32.4 Å². The number of aromatic nitrogens is 2. The molecule has 1 saturated carbocycles. The lowest BCUT2D eigenvalue weighted by Crippen LogP contribution is -2.12. The van der Waals surface area contributed by atoms with Crippen LogP contribution in [0.15, 0.2) is 12.3 Å². The molecule has 2 heterocycles. The van der Waals surface area contributed by atoms with Crippen LogP contribution in [0.25, 0.3) is 5.65 Å². The van der Waals surface area contributed by atoms with Gasteiger partial charge >= 0.3 is 6.18 Å². The molecule has 0 aromatic carbocycles. The van der Waals surface area contributed by atoms with Crippen LogP contribution < -0.4 is 0 Å². The second-order valence-electron chi connectivity index (χ2n) is 6.65. The predicted octanol–water partition coefficient (Wildman–Crippen LogP) is 5.18. The number of rotatable bonds is 1. The maximum Gasteiger partial charge on any atom is 0.419 e. The van der Waals surface area contributed by atoms with Crippen LogP contribution in [0.2, 0.25) is 5.15 Å². The van der Waals surface area contributed by atoms with E-state index in [1.165, 1.54) is 10.5 Å². The van der Waals surface area contributed by atoms with Crippen molar-refractivity contribution >= 4 is 17.2 Å². The minimum absolute atomic E-state index is 0.109. The van der Waals surface area contributed by atoms with Crippen LogP contribution in [0.1, 0.15) is 56.4 Å². The van der Waals surface area contributed by atoms with Crippen LogP contribution in [0.5, 0.6) is 0 Å². The highest BCUT2D eigenvalue weighted by Gasteiger charge is 2.38. The normalized spacial score (nSPS) is 16.7. The Morgan fingerprint density at radius 2 is 1.86 bits per heavy atom. The van der Waals surface area contributed by atoms with Crippen LogP contribution in [0, 0.1) is 0 Å². The van der Waals surface area contributed by atoms with Crippen molar-refractivity contribution in [1.82, 2.24) is 9.38 Å². The van der Waals surface area contributed by atoms with Gasteiger partial charge in [-0.2, -0.15) is 13.2 Å². The van der Waals surface area contributed by atoms with Crippen molar-refractivity contribution in [2.24, 2.45) is 0 Å². The molecule has 0 N–H and O–H groups in total. The van der Waals surface area contributed by atoms with Crippen LogP contribution >= 0.6 is 11.6 Å². The summed E-state index contributed by atoms with van der Waals surface area (Å²) < 4.78 is 41.4. The van der Waals surface area contributed by atoms with E-state index in [1.807, 2.05) is 20.8 Å². The number of alkyl halides is 3. The Hall–Kier alpha value is -1.23. The molecule has 1 aliphatic rings. The summed E-state index contributed by atoms with van der Waals surface area (Å²) in [5, 5.41) is 0.269. The Balaban J connectivity index is 2.33. The maximum absolute atomic E-state index is 13.3. The third-order valence-electron chi connectivity index (χ3n) is 3.75. The lowest BCUT2D eigenvalue weighted by molar-refractivity contribution is -0.136. The third kappa shape index (κ3) is 2.52. The number of hydrogen-bond donors (Lipinski definition) is 0. The molecule has 0 amide bonds. The molecule has 1 aliphatic carbocycles. The molecule has 0 aliphatic heterocycles. The number of pyridine rings is 1. The topological polar surface area (TPSA) is 17.3 Å². The smallest absolute Gasteiger partial charge is 0.289 e. The van der Waals surface area contributed by atoms with E-state index in [4.69, 9.17) is 11.6 Å². The van der Waals surface area contributed by atoms with E-state index in [0.29, 0.717) is 11.3 Å². The van der Waals surface area contributed by atoms with Gasteiger partial charge in [0.15, 0.2) is 5.65 Å². The van der Waals surface area contributed by atoms with Crippen LogP contribution in [0.4, 0.5) is 13.2 Å². The summed E-state index contributed by atoms with van der Waals surface area (Å²) in [6.07, 6.45) is -0.870. The van der Waals surface area contributed by atoms with Crippen molar-refractivity contribution in [1.29, 1.82) is 0 Å². The van der Waals surface area contributed by atoms with Gasteiger partial charge in [-0.05, 0) is 30.4 Å². The van der Waals surface area contributed by atoms with Gasteiger partial charge in [0.2, 0.25) is 0 Å². The average molecular weight is 317 g/mol. The molecule has 0 spiro atoms. The van der Waals surface area contributed by atoms with E-state index in [2.05, 4.69) is 4.98 Å². The SMILES string of the molecule is CC(C)(C)c1nc2c(C(F)(F)F)cc(C3CC3)cn2c1Cl. The third-order valence-corrected chi connectivity index (χ3v) is 4.11. The van der Waals surface area contributed by atoms with E-state index in [0.717, 1.165) is 12.8 Å². The van der Waals surface area contributed by atoms with Crippen molar-refractivity contribution in [3.63, 3.8) is 0 Å². The molecule has 1 fully saturated rings. The quantitative estimate of drug-likeness (QED) is 0.708. The number of imidazole rings is 1.